The van der Waals surface area contributed by atoms with Gasteiger partial charge >= 0.3 is 0 Å². The van der Waals surface area contributed by atoms with Gasteiger partial charge in [-0.3, -0.25) is 4.90 Å². The number of phenols is 1. The van der Waals surface area contributed by atoms with E-state index in [9.17, 15) is 9.50 Å². The summed E-state index contributed by atoms with van der Waals surface area (Å²) >= 11 is 0. The zero-order valence-corrected chi connectivity index (χ0v) is 14.3. The number of piperazine rings is 1. The number of hydrogen-bond donors (Lipinski definition) is 3. The predicted octanol–water partition coefficient (Wildman–Crippen LogP) is 2.87. The maximum absolute atomic E-state index is 13.6. The molecule has 22 heavy (non-hydrogen) atoms. The zero-order valence-electron chi connectivity index (χ0n) is 12.6. The molecule has 1 heterocycles. The molecule has 126 valence electrons. The molecule has 1 aromatic rings. The second-order valence-electron chi connectivity index (χ2n) is 5.40. The van der Waals surface area contributed by atoms with Crippen molar-refractivity contribution in [1.29, 1.82) is 0 Å². The number of benzene rings is 1. The minimum Gasteiger partial charge on any atom is -0.505 e. The largest absolute Gasteiger partial charge is 0.505 e. The van der Waals surface area contributed by atoms with Crippen molar-refractivity contribution in [3.63, 3.8) is 0 Å². The number of rotatable bonds is 4. The van der Waals surface area contributed by atoms with Crippen molar-refractivity contribution >= 4 is 30.5 Å². The molecule has 0 unspecified atom stereocenters. The average molecular weight is 352 g/mol. The molecule has 1 aliphatic heterocycles. The smallest absolute Gasteiger partial charge is 0.143 e. The fourth-order valence-corrected chi connectivity index (χ4v) is 2.66. The average Bonchev–Trinajstić information content (AvgIpc) is 2.41. The molecule has 1 atom stereocenters. The lowest BCUT2D eigenvalue weighted by Gasteiger charge is -2.35. The van der Waals surface area contributed by atoms with Crippen molar-refractivity contribution in [1.82, 2.24) is 10.2 Å². The highest BCUT2D eigenvalue weighted by Crippen LogP contribution is 2.37. The lowest BCUT2D eigenvalue weighted by atomic mass is 9.96. The minimum atomic E-state index is -0.419. The topological polar surface area (TPSA) is 61.5 Å². The van der Waals surface area contributed by atoms with Gasteiger partial charge in [-0.2, -0.15) is 0 Å². The fourth-order valence-electron chi connectivity index (χ4n) is 2.66. The highest BCUT2D eigenvalue weighted by atomic mass is 35.5. The summed E-state index contributed by atoms with van der Waals surface area (Å²) in [5, 5.41) is 13.5. The van der Waals surface area contributed by atoms with Gasteiger partial charge in [-0.05, 0) is 19.4 Å². The summed E-state index contributed by atoms with van der Waals surface area (Å²) in [6, 6.07) is 2.43. The van der Waals surface area contributed by atoms with Gasteiger partial charge in [0.25, 0.3) is 0 Å². The quantitative estimate of drug-likeness (QED) is 0.443. The van der Waals surface area contributed by atoms with Crippen LogP contribution in [0.25, 0.3) is 0 Å². The van der Waals surface area contributed by atoms with E-state index in [4.69, 9.17) is 5.73 Å². The van der Waals surface area contributed by atoms with Crippen LogP contribution in [0.1, 0.15) is 24.9 Å². The second-order valence-corrected chi connectivity index (χ2v) is 5.40. The zero-order chi connectivity index (χ0) is 14.7. The van der Waals surface area contributed by atoms with Crippen molar-refractivity contribution < 1.29 is 9.50 Å². The summed E-state index contributed by atoms with van der Waals surface area (Å²) in [4.78, 5) is 2.24. The fraction of sp³-hybridized carbons (Fsp3) is 0.467. The molecule has 0 saturated carbocycles. The predicted molar refractivity (Wildman–Crippen MR) is 93.6 cm³/mol. The van der Waals surface area contributed by atoms with E-state index in [1.54, 1.807) is 0 Å². The molecule has 0 aliphatic carbocycles. The number of nitrogens with two attached hydrogens (primary N) is 1. The van der Waals surface area contributed by atoms with Crippen molar-refractivity contribution in [2.45, 2.75) is 19.4 Å². The van der Waals surface area contributed by atoms with E-state index in [2.05, 4.69) is 16.8 Å². The SMILES string of the molecule is C=C(C)C[C@@H](c1cc(F)cc(N)c1O)N1CCNCC1.Cl.Cl. The van der Waals surface area contributed by atoms with E-state index in [-0.39, 0.29) is 42.3 Å². The molecule has 1 aliphatic rings. The standard InChI is InChI=1S/C15H22FN3O.2ClH/c1-10(2)7-14(19-5-3-18-4-6-19)12-8-11(16)9-13(17)15(12)20;;/h8-9,14,18,20H,1,3-7,17H2,2H3;2*1H/t14-;;/m0../s1. The van der Waals surface area contributed by atoms with Crippen LogP contribution in [0.15, 0.2) is 24.3 Å². The van der Waals surface area contributed by atoms with Crippen LogP contribution in [0, 0.1) is 5.82 Å². The number of hydrogen-bond acceptors (Lipinski definition) is 4. The number of anilines is 1. The Hall–Kier alpha value is -1.01. The van der Waals surface area contributed by atoms with Crippen LogP contribution in [0.4, 0.5) is 10.1 Å². The van der Waals surface area contributed by atoms with Gasteiger partial charge in [-0.1, -0.05) is 5.57 Å². The van der Waals surface area contributed by atoms with Crippen molar-refractivity contribution in [3.05, 3.63) is 35.7 Å². The van der Waals surface area contributed by atoms with Gasteiger partial charge in [0.15, 0.2) is 0 Å². The molecule has 1 saturated heterocycles. The molecule has 1 fully saturated rings. The molecular formula is C15H24Cl2FN3O. The Balaban J connectivity index is 0.00000220. The number of halogens is 3. The van der Waals surface area contributed by atoms with E-state index in [0.717, 1.165) is 37.8 Å². The third-order valence-corrected chi connectivity index (χ3v) is 3.63. The molecule has 0 radical (unpaired) electrons. The molecule has 1 aromatic carbocycles. The lowest BCUT2D eigenvalue weighted by molar-refractivity contribution is 0.169. The number of phenolic OH excluding ortho intramolecular Hbond substituents is 1. The number of nitrogens with one attached hydrogen (secondary N) is 1. The van der Waals surface area contributed by atoms with Crippen LogP contribution in [0.5, 0.6) is 5.75 Å². The molecule has 0 aromatic heterocycles. The van der Waals surface area contributed by atoms with Crippen LogP contribution in [0.3, 0.4) is 0 Å². The van der Waals surface area contributed by atoms with Gasteiger partial charge in [0, 0.05) is 43.9 Å². The number of nitrogen functional groups attached to an aromatic ring is 1. The lowest BCUT2D eigenvalue weighted by Crippen LogP contribution is -2.45. The van der Waals surface area contributed by atoms with Crippen LogP contribution >= 0.6 is 24.8 Å². The van der Waals surface area contributed by atoms with Crippen molar-refractivity contribution in [2.24, 2.45) is 0 Å². The van der Waals surface area contributed by atoms with Gasteiger partial charge in [0.05, 0.1) is 5.69 Å². The van der Waals surface area contributed by atoms with Gasteiger partial charge in [-0.15, -0.1) is 31.4 Å². The summed E-state index contributed by atoms with van der Waals surface area (Å²) in [7, 11) is 0. The van der Waals surface area contributed by atoms with Crippen molar-refractivity contribution in [3.8, 4) is 5.75 Å². The second kappa shape index (κ2) is 9.20. The van der Waals surface area contributed by atoms with E-state index < -0.39 is 5.82 Å². The summed E-state index contributed by atoms with van der Waals surface area (Å²) < 4.78 is 13.6. The summed E-state index contributed by atoms with van der Waals surface area (Å²) in [5.74, 6) is -0.437. The number of aromatic hydroxyl groups is 1. The van der Waals surface area contributed by atoms with Gasteiger partial charge in [0.2, 0.25) is 0 Å². The highest BCUT2D eigenvalue weighted by molar-refractivity contribution is 5.85. The molecule has 0 bridgehead atoms. The molecule has 4 N–H and O–H groups in total. The van der Waals surface area contributed by atoms with Gasteiger partial charge in [-0.25, -0.2) is 4.39 Å². The summed E-state index contributed by atoms with van der Waals surface area (Å²) in [5.41, 5.74) is 7.31. The van der Waals surface area contributed by atoms with Crippen LogP contribution in [0.2, 0.25) is 0 Å². The molecule has 2 rings (SSSR count). The maximum Gasteiger partial charge on any atom is 0.143 e. The third-order valence-electron chi connectivity index (χ3n) is 3.63. The van der Waals surface area contributed by atoms with E-state index in [0.29, 0.717) is 12.0 Å². The number of nitrogens with zero attached hydrogens (tertiary/aromatic N) is 1. The van der Waals surface area contributed by atoms with E-state index in [1.807, 2.05) is 6.92 Å². The first-order valence-corrected chi connectivity index (χ1v) is 6.86. The molecule has 4 nitrogen and oxygen atoms in total. The van der Waals surface area contributed by atoms with Crippen LogP contribution in [-0.4, -0.2) is 36.2 Å². The Labute approximate surface area is 143 Å². The van der Waals surface area contributed by atoms with Crippen LogP contribution < -0.4 is 11.1 Å². The molecular weight excluding hydrogens is 328 g/mol. The molecule has 0 spiro atoms. The Morgan fingerprint density at radius 1 is 1.41 bits per heavy atom. The van der Waals surface area contributed by atoms with E-state index in [1.165, 1.54) is 6.07 Å². The molecule has 0 amide bonds. The van der Waals surface area contributed by atoms with Gasteiger partial charge in [0.1, 0.15) is 11.6 Å². The van der Waals surface area contributed by atoms with E-state index >= 15 is 0 Å². The third kappa shape index (κ3) is 5.02. The Kier molecular flexibility index (Phi) is 8.78. The first-order chi connectivity index (χ1) is 9.49. The monoisotopic (exact) mass is 351 g/mol. The Morgan fingerprint density at radius 2 is 2.00 bits per heavy atom. The van der Waals surface area contributed by atoms with Crippen LogP contribution in [-0.2, 0) is 0 Å². The molecule has 7 heteroatoms. The van der Waals surface area contributed by atoms with Crippen molar-refractivity contribution in [2.75, 3.05) is 31.9 Å². The maximum atomic E-state index is 13.6. The first kappa shape index (κ1) is 21.0. The summed E-state index contributed by atoms with van der Waals surface area (Å²) in [6.45, 7) is 9.36. The highest BCUT2D eigenvalue weighted by Gasteiger charge is 2.25. The Morgan fingerprint density at radius 3 is 2.55 bits per heavy atom. The Bertz CT molecular complexity index is 508. The van der Waals surface area contributed by atoms with Gasteiger partial charge < -0.3 is 16.2 Å². The first-order valence-electron chi connectivity index (χ1n) is 6.86. The summed E-state index contributed by atoms with van der Waals surface area (Å²) in [6.07, 6.45) is 0.677. The normalized spacial score (nSPS) is 16.3. The minimum absolute atomic E-state index is 0.